The fraction of sp³-hybridized carbons (Fsp3) is 0.500. The number of nitrogens with one attached hydrogen (secondary N) is 1. The molecule has 0 aliphatic rings. The Labute approximate surface area is 132 Å². The summed E-state index contributed by atoms with van der Waals surface area (Å²) in [4.78, 5) is 4.23. The fourth-order valence-corrected chi connectivity index (χ4v) is 4.16. The van der Waals surface area contributed by atoms with E-state index in [0.29, 0.717) is 35.4 Å². The molecule has 0 amide bonds. The smallest absolute Gasteiger partial charge is 0.250 e. The summed E-state index contributed by atoms with van der Waals surface area (Å²) in [6.45, 7) is 4.26. The summed E-state index contributed by atoms with van der Waals surface area (Å²) in [5.74, 6) is 1.40. The topological polar surface area (TPSA) is 85.1 Å². The second-order valence-electron chi connectivity index (χ2n) is 4.76. The molecule has 2 aromatic heterocycles. The standard InChI is InChI=1S/C12H16ClN3O3S2/c1-8(2)12-15-10(19-16-12)4-3-7-14-21(17,18)11-6-5-9(13)20-11/h5-6,8,14H,3-4,7H2,1-2H3. The second kappa shape index (κ2) is 6.87. The molecule has 0 fully saturated rings. The van der Waals surface area contributed by atoms with Gasteiger partial charge < -0.3 is 4.52 Å². The van der Waals surface area contributed by atoms with E-state index in [1.165, 1.54) is 6.07 Å². The highest BCUT2D eigenvalue weighted by atomic mass is 35.5. The van der Waals surface area contributed by atoms with Gasteiger partial charge in [-0.1, -0.05) is 30.6 Å². The van der Waals surface area contributed by atoms with Crippen LogP contribution in [-0.4, -0.2) is 25.1 Å². The minimum absolute atomic E-state index is 0.213. The van der Waals surface area contributed by atoms with E-state index in [1.54, 1.807) is 6.07 Å². The lowest BCUT2D eigenvalue weighted by Gasteiger charge is -2.03. The van der Waals surface area contributed by atoms with E-state index >= 15 is 0 Å². The van der Waals surface area contributed by atoms with Crippen LogP contribution in [0.15, 0.2) is 20.9 Å². The Morgan fingerprint density at radius 3 is 2.76 bits per heavy atom. The summed E-state index contributed by atoms with van der Waals surface area (Å²) in [7, 11) is -3.48. The van der Waals surface area contributed by atoms with Crippen LogP contribution in [0.4, 0.5) is 0 Å². The Kier molecular flexibility index (Phi) is 5.37. The first-order valence-corrected chi connectivity index (χ1v) is 9.14. The van der Waals surface area contributed by atoms with Gasteiger partial charge in [0.15, 0.2) is 5.82 Å². The zero-order chi connectivity index (χ0) is 15.5. The van der Waals surface area contributed by atoms with Gasteiger partial charge in [0.25, 0.3) is 0 Å². The molecule has 0 aliphatic heterocycles. The predicted molar refractivity (Wildman–Crippen MR) is 81.2 cm³/mol. The average Bonchev–Trinajstić information content (AvgIpc) is 3.04. The molecule has 0 aliphatic carbocycles. The molecule has 0 unspecified atom stereocenters. The van der Waals surface area contributed by atoms with E-state index in [4.69, 9.17) is 16.1 Å². The third kappa shape index (κ3) is 4.50. The number of hydrogen-bond acceptors (Lipinski definition) is 6. The number of aryl methyl sites for hydroxylation is 1. The largest absolute Gasteiger partial charge is 0.339 e. The van der Waals surface area contributed by atoms with Gasteiger partial charge in [0.05, 0.1) is 4.34 Å². The number of nitrogens with zero attached hydrogens (tertiary/aromatic N) is 2. The molecule has 2 aromatic rings. The van der Waals surface area contributed by atoms with Crippen LogP contribution in [0.2, 0.25) is 4.34 Å². The van der Waals surface area contributed by atoms with Crippen molar-refractivity contribution in [3.05, 3.63) is 28.2 Å². The maximum atomic E-state index is 11.9. The summed E-state index contributed by atoms with van der Waals surface area (Å²) >= 11 is 6.76. The molecule has 2 rings (SSSR count). The highest BCUT2D eigenvalue weighted by Gasteiger charge is 2.16. The Morgan fingerprint density at radius 2 is 2.19 bits per heavy atom. The minimum atomic E-state index is -3.48. The average molecular weight is 350 g/mol. The van der Waals surface area contributed by atoms with Crippen LogP contribution in [0.25, 0.3) is 0 Å². The first kappa shape index (κ1) is 16.4. The van der Waals surface area contributed by atoms with Crippen LogP contribution in [-0.2, 0) is 16.4 Å². The molecule has 0 aromatic carbocycles. The van der Waals surface area contributed by atoms with Crippen molar-refractivity contribution in [1.82, 2.24) is 14.9 Å². The van der Waals surface area contributed by atoms with Gasteiger partial charge in [-0.3, -0.25) is 0 Å². The molecular formula is C12H16ClN3O3S2. The highest BCUT2D eigenvalue weighted by molar-refractivity contribution is 7.91. The Balaban J connectivity index is 1.81. The number of rotatable bonds is 7. The summed E-state index contributed by atoms with van der Waals surface area (Å²) < 4.78 is 32.2. The van der Waals surface area contributed by atoms with Crippen molar-refractivity contribution in [2.75, 3.05) is 6.54 Å². The van der Waals surface area contributed by atoms with E-state index in [0.717, 1.165) is 11.3 Å². The fourth-order valence-electron chi connectivity index (χ4n) is 1.56. The zero-order valence-corrected chi connectivity index (χ0v) is 14.1. The Bertz CT molecular complexity index is 694. The summed E-state index contributed by atoms with van der Waals surface area (Å²) in [5.41, 5.74) is 0. The molecule has 1 N–H and O–H groups in total. The molecule has 6 nitrogen and oxygen atoms in total. The van der Waals surface area contributed by atoms with Crippen molar-refractivity contribution in [2.24, 2.45) is 0 Å². The van der Waals surface area contributed by atoms with E-state index in [-0.39, 0.29) is 10.1 Å². The van der Waals surface area contributed by atoms with E-state index in [1.807, 2.05) is 13.8 Å². The number of sulfonamides is 1. The van der Waals surface area contributed by atoms with Gasteiger partial charge in [-0.05, 0) is 18.6 Å². The predicted octanol–water partition coefficient (Wildman–Crippen LogP) is 2.82. The Morgan fingerprint density at radius 1 is 1.43 bits per heavy atom. The Hall–Kier alpha value is -0.960. The van der Waals surface area contributed by atoms with Crippen molar-refractivity contribution < 1.29 is 12.9 Å². The SMILES string of the molecule is CC(C)c1noc(CCCNS(=O)(=O)c2ccc(Cl)s2)n1. The third-order valence-electron chi connectivity index (χ3n) is 2.67. The van der Waals surface area contributed by atoms with Gasteiger partial charge in [0.1, 0.15) is 4.21 Å². The van der Waals surface area contributed by atoms with Gasteiger partial charge in [-0.2, -0.15) is 4.98 Å². The van der Waals surface area contributed by atoms with Crippen LogP contribution in [0.5, 0.6) is 0 Å². The minimum Gasteiger partial charge on any atom is -0.339 e. The normalized spacial score (nSPS) is 12.2. The van der Waals surface area contributed by atoms with Gasteiger partial charge in [0.2, 0.25) is 15.9 Å². The summed E-state index contributed by atoms with van der Waals surface area (Å²) in [6.07, 6.45) is 1.12. The monoisotopic (exact) mass is 349 g/mol. The molecule has 0 atom stereocenters. The molecule has 21 heavy (non-hydrogen) atoms. The van der Waals surface area contributed by atoms with Gasteiger partial charge in [-0.15, -0.1) is 11.3 Å². The number of halogens is 1. The quantitative estimate of drug-likeness (QED) is 0.777. The van der Waals surface area contributed by atoms with Crippen LogP contribution < -0.4 is 4.72 Å². The van der Waals surface area contributed by atoms with Crippen LogP contribution in [0.1, 0.15) is 37.9 Å². The highest BCUT2D eigenvalue weighted by Crippen LogP contribution is 2.25. The van der Waals surface area contributed by atoms with E-state index < -0.39 is 10.0 Å². The maximum absolute atomic E-state index is 11.9. The van der Waals surface area contributed by atoms with Gasteiger partial charge in [-0.25, -0.2) is 13.1 Å². The van der Waals surface area contributed by atoms with Crippen molar-refractivity contribution >= 4 is 33.0 Å². The van der Waals surface area contributed by atoms with Crippen molar-refractivity contribution in [3.63, 3.8) is 0 Å². The lowest BCUT2D eigenvalue weighted by Crippen LogP contribution is -2.24. The first-order chi connectivity index (χ1) is 9.88. The second-order valence-corrected chi connectivity index (χ2v) is 8.47. The number of hydrogen-bond donors (Lipinski definition) is 1. The first-order valence-electron chi connectivity index (χ1n) is 6.46. The van der Waals surface area contributed by atoms with E-state index in [2.05, 4.69) is 14.9 Å². The molecule has 0 spiro atoms. The van der Waals surface area contributed by atoms with Gasteiger partial charge in [0, 0.05) is 18.9 Å². The molecule has 0 bridgehead atoms. The lowest BCUT2D eigenvalue weighted by atomic mass is 10.2. The summed E-state index contributed by atoms with van der Waals surface area (Å²) in [5, 5.41) is 3.86. The molecule has 2 heterocycles. The van der Waals surface area contributed by atoms with Crippen LogP contribution >= 0.6 is 22.9 Å². The maximum Gasteiger partial charge on any atom is 0.250 e. The lowest BCUT2D eigenvalue weighted by molar-refractivity contribution is 0.368. The molecule has 9 heteroatoms. The molecule has 0 saturated heterocycles. The number of thiophene rings is 1. The molecule has 0 saturated carbocycles. The van der Waals surface area contributed by atoms with Crippen molar-refractivity contribution in [2.45, 2.75) is 36.8 Å². The number of aromatic nitrogens is 2. The van der Waals surface area contributed by atoms with E-state index in [9.17, 15) is 8.42 Å². The van der Waals surface area contributed by atoms with Gasteiger partial charge >= 0.3 is 0 Å². The molecule has 116 valence electrons. The third-order valence-corrected chi connectivity index (χ3v) is 5.86. The zero-order valence-electron chi connectivity index (χ0n) is 11.7. The van der Waals surface area contributed by atoms with Crippen molar-refractivity contribution in [1.29, 1.82) is 0 Å². The van der Waals surface area contributed by atoms with Crippen LogP contribution in [0, 0.1) is 0 Å². The van der Waals surface area contributed by atoms with Crippen LogP contribution in [0.3, 0.4) is 0 Å². The summed E-state index contributed by atoms with van der Waals surface area (Å²) in [6, 6.07) is 3.05. The molecular weight excluding hydrogens is 334 g/mol. The van der Waals surface area contributed by atoms with Crippen molar-refractivity contribution in [3.8, 4) is 0 Å². The molecule has 0 radical (unpaired) electrons.